The van der Waals surface area contributed by atoms with Gasteiger partial charge in [0.2, 0.25) is 11.8 Å². The predicted octanol–water partition coefficient (Wildman–Crippen LogP) is 2.75. The third kappa shape index (κ3) is 4.81. The van der Waals surface area contributed by atoms with Crippen LogP contribution in [0.4, 0.5) is 0 Å². The van der Waals surface area contributed by atoms with Gasteiger partial charge >= 0.3 is 0 Å². The van der Waals surface area contributed by atoms with Crippen molar-refractivity contribution in [2.24, 2.45) is 5.92 Å². The van der Waals surface area contributed by atoms with Crippen molar-refractivity contribution in [3.05, 3.63) is 36.5 Å². The number of nitrogens with one attached hydrogen (secondary N) is 1. The fourth-order valence-electron chi connectivity index (χ4n) is 1.60. The molecule has 1 saturated heterocycles. The summed E-state index contributed by atoms with van der Waals surface area (Å²) in [5.41, 5.74) is 0.930. The van der Waals surface area contributed by atoms with Crippen LogP contribution in [0.3, 0.4) is 0 Å². The van der Waals surface area contributed by atoms with E-state index in [0.29, 0.717) is 12.8 Å². The monoisotopic (exact) mass is 235 g/mol. The van der Waals surface area contributed by atoms with Crippen molar-refractivity contribution in [1.29, 1.82) is 0 Å². The minimum absolute atomic E-state index is 0.181. The topological polar surface area (TPSA) is 46.2 Å². The van der Waals surface area contributed by atoms with E-state index in [0.717, 1.165) is 5.57 Å². The highest BCUT2D eigenvalue weighted by atomic mass is 16.2. The summed E-state index contributed by atoms with van der Waals surface area (Å²) >= 11 is 0. The Morgan fingerprint density at radius 3 is 2.53 bits per heavy atom. The lowest BCUT2D eigenvalue weighted by Crippen LogP contribution is -2.41. The third-order valence-electron chi connectivity index (χ3n) is 2.40. The van der Waals surface area contributed by atoms with Crippen molar-refractivity contribution in [2.45, 2.75) is 33.6 Å². The summed E-state index contributed by atoms with van der Waals surface area (Å²) < 4.78 is 0. The van der Waals surface area contributed by atoms with Crippen molar-refractivity contribution < 1.29 is 9.59 Å². The van der Waals surface area contributed by atoms with Gasteiger partial charge < -0.3 is 0 Å². The lowest BCUT2D eigenvalue weighted by molar-refractivity contribution is -0.135. The highest BCUT2D eigenvalue weighted by Crippen LogP contribution is 2.22. The lowest BCUT2D eigenvalue weighted by Gasteiger charge is -2.21. The van der Waals surface area contributed by atoms with Gasteiger partial charge in [-0.1, -0.05) is 44.7 Å². The number of allylic oxidation sites excluding steroid dienone is 4. The van der Waals surface area contributed by atoms with Crippen LogP contribution in [0.1, 0.15) is 33.6 Å². The predicted molar refractivity (Wildman–Crippen MR) is 70.3 cm³/mol. The minimum atomic E-state index is -0.205. The zero-order valence-corrected chi connectivity index (χ0v) is 10.8. The summed E-state index contributed by atoms with van der Waals surface area (Å²) in [6.45, 7) is 9.46. The van der Waals surface area contributed by atoms with E-state index >= 15 is 0 Å². The molecule has 1 rings (SSSR count). The van der Waals surface area contributed by atoms with E-state index in [1.54, 1.807) is 12.2 Å². The molecule has 1 fully saturated rings. The molecule has 1 aliphatic rings. The number of rotatable bonds is 3. The summed E-state index contributed by atoms with van der Waals surface area (Å²) in [4.78, 5) is 22.5. The van der Waals surface area contributed by atoms with Crippen molar-refractivity contribution in [3.63, 3.8) is 0 Å². The molecule has 1 aliphatic heterocycles. The maximum Gasteiger partial charge on any atom is 0.234 e. The molecular formula is C14H21NO2. The van der Waals surface area contributed by atoms with Gasteiger partial charge in [-0.2, -0.15) is 0 Å². The number of piperidine rings is 1. The van der Waals surface area contributed by atoms with E-state index < -0.39 is 0 Å². The molecule has 0 aromatic heterocycles. The molecule has 0 aromatic carbocycles. The molecule has 94 valence electrons. The second-order valence-electron chi connectivity index (χ2n) is 3.39. The van der Waals surface area contributed by atoms with Crippen LogP contribution in [-0.2, 0) is 9.59 Å². The second kappa shape index (κ2) is 8.50. The number of carbonyl (C=O) groups is 2. The molecule has 1 N–H and O–H groups in total. The zero-order valence-electron chi connectivity index (χ0n) is 10.8. The Balaban J connectivity index is 0.00000121. The summed E-state index contributed by atoms with van der Waals surface area (Å²) in [5, 5.41) is 2.34. The van der Waals surface area contributed by atoms with Gasteiger partial charge in [-0.05, 0) is 18.9 Å². The zero-order chi connectivity index (χ0) is 13.3. The Labute approximate surface area is 103 Å². The van der Waals surface area contributed by atoms with Crippen LogP contribution in [0.15, 0.2) is 36.5 Å². The first kappa shape index (κ1) is 15.4. The number of imide groups is 1. The number of hydrogen-bond donors (Lipinski definition) is 1. The van der Waals surface area contributed by atoms with Crippen molar-refractivity contribution in [3.8, 4) is 0 Å². The van der Waals surface area contributed by atoms with Crippen LogP contribution in [0.25, 0.3) is 0 Å². The van der Waals surface area contributed by atoms with Gasteiger partial charge in [0, 0.05) is 6.42 Å². The molecule has 0 radical (unpaired) electrons. The SMILES string of the molecule is C=C/C=C\C(=C/C)C1CCC(=O)NC1=O.CC. The van der Waals surface area contributed by atoms with Gasteiger partial charge in [0.05, 0.1) is 5.92 Å². The smallest absolute Gasteiger partial charge is 0.234 e. The molecule has 0 saturated carbocycles. The number of hydrogen-bond acceptors (Lipinski definition) is 2. The first-order valence-corrected chi connectivity index (χ1v) is 5.98. The van der Waals surface area contributed by atoms with Crippen LogP contribution in [-0.4, -0.2) is 11.8 Å². The van der Waals surface area contributed by atoms with E-state index in [2.05, 4.69) is 11.9 Å². The molecule has 0 aromatic rings. The average molecular weight is 235 g/mol. The standard InChI is InChI=1S/C12H15NO2.C2H6/c1-3-5-6-9(4-2)10-7-8-11(14)13-12(10)15;1-2/h3-6,10H,1,7-8H2,2H3,(H,13,14,15);1-2H3/b6-5-,9-4+;. The van der Waals surface area contributed by atoms with Crippen molar-refractivity contribution >= 4 is 11.8 Å². The molecule has 2 amide bonds. The Morgan fingerprint density at radius 1 is 1.41 bits per heavy atom. The van der Waals surface area contributed by atoms with Gasteiger partial charge in [0.1, 0.15) is 0 Å². The Hall–Kier alpha value is -1.64. The van der Waals surface area contributed by atoms with Crippen LogP contribution in [0.2, 0.25) is 0 Å². The first-order chi connectivity index (χ1) is 8.19. The summed E-state index contributed by atoms with van der Waals surface area (Å²) in [6, 6.07) is 0. The molecule has 1 heterocycles. The van der Waals surface area contributed by atoms with Crippen LogP contribution in [0.5, 0.6) is 0 Å². The number of carbonyl (C=O) groups excluding carboxylic acids is 2. The van der Waals surface area contributed by atoms with Crippen molar-refractivity contribution in [1.82, 2.24) is 5.32 Å². The average Bonchev–Trinajstić information content (AvgIpc) is 2.34. The lowest BCUT2D eigenvalue weighted by atomic mass is 9.90. The van der Waals surface area contributed by atoms with E-state index in [1.165, 1.54) is 0 Å². The van der Waals surface area contributed by atoms with E-state index in [-0.39, 0.29) is 17.7 Å². The molecule has 3 nitrogen and oxygen atoms in total. The summed E-state index contributed by atoms with van der Waals surface area (Å²) in [5.74, 6) is -0.587. The Morgan fingerprint density at radius 2 is 2.06 bits per heavy atom. The molecule has 0 aliphatic carbocycles. The quantitative estimate of drug-likeness (QED) is 0.604. The van der Waals surface area contributed by atoms with E-state index in [1.807, 2.05) is 32.9 Å². The van der Waals surface area contributed by atoms with Crippen LogP contribution < -0.4 is 5.32 Å². The largest absolute Gasteiger partial charge is 0.296 e. The van der Waals surface area contributed by atoms with Crippen LogP contribution >= 0.6 is 0 Å². The maximum absolute atomic E-state index is 11.5. The van der Waals surface area contributed by atoms with Gasteiger partial charge in [-0.3, -0.25) is 14.9 Å². The third-order valence-corrected chi connectivity index (χ3v) is 2.40. The fraction of sp³-hybridized carbons (Fsp3) is 0.429. The van der Waals surface area contributed by atoms with E-state index in [4.69, 9.17) is 0 Å². The van der Waals surface area contributed by atoms with Gasteiger partial charge in [0.25, 0.3) is 0 Å². The fourth-order valence-corrected chi connectivity index (χ4v) is 1.60. The number of amides is 2. The highest BCUT2D eigenvalue weighted by Gasteiger charge is 2.27. The van der Waals surface area contributed by atoms with E-state index in [9.17, 15) is 9.59 Å². The molecule has 0 bridgehead atoms. The molecule has 3 heteroatoms. The molecular weight excluding hydrogens is 214 g/mol. The van der Waals surface area contributed by atoms with Gasteiger partial charge in [-0.25, -0.2) is 0 Å². The normalized spacial score (nSPS) is 20.6. The van der Waals surface area contributed by atoms with Crippen LogP contribution in [0, 0.1) is 5.92 Å². The summed E-state index contributed by atoms with van der Waals surface area (Å²) in [6.07, 6.45) is 8.20. The molecule has 0 spiro atoms. The highest BCUT2D eigenvalue weighted by molar-refractivity contribution is 6.00. The minimum Gasteiger partial charge on any atom is -0.296 e. The van der Waals surface area contributed by atoms with Gasteiger partial charge in [-0.15, -0.1) is 0 Å². The molecule has 17 heavy (non-hydrogen) atoms. The Bertz CT molecular complexity index is 340. The first-order valence-electron chi connectivity index (χ1n) is 5.98. The van der Waals surface area contributed by atoms with Gasteiger partial charge in [0.15, 0.2) is 0 Å². The molecule has 1 unspecified atom stereocenters. The summed E-state index contributed by atoms with van der Waals surface area (Å²) in [7, 11) is 0. The second-order valence-corrected chi connectivity index (χ2v) is 3.39. The Kier molecular flexibility index (Phi) is 7.68. The van der Waals surface area contributed by atoms with Crippen molar-refractivity contribution in [2.75, 3.05) is 0 Å². The molecule has 1 atom stereocenters. The maximum atomic E-state index is 11.5.